The van der Waals surface area contributed by atoms with Crippen molar-refractivity contribution in [2.45, 2.75) is 16.6 Å². The van der Waals surface area contributed by atoms with Gasteiger partial charge in [0.1, 0.15) is 24.5 Å². The van der Waals surface area contributed by atoms with Gasteiger partial charge in [-0.05, 0) is 58.5 Å². The van der Waals surface area contributed by atoms with Crippen molar-refractivity contribution in [2.75, 3.05) is 26.1 Å². The Morgan fingerprint density at radius 1 is 1.13 bits per heavy atom. The quantitative estimate of drug-likeness (QED) is 0.367. The Kier molecular flexibility index (Phi) is 5.53. The molecule has 4 aromatic rings. The van der Waals surface area contributed by atoms with Gasteiger partial charge in [0.25, 0.3) is 0 Å². The molecule has 0 atom stereocenters. The summed E-state index contributed by atoms with van der Waals surface area (Å²) in [6.45, 7) is 1.77. The second-order valence-corrected chi connectivity index (χ2v) is 9.09. The topological polar surface area (TPSA) is 84.4 Å². The van der Waals surface area contributed by atoms with E-state index in [1.165, 1.54) is 0 Å². The minimum absolute atomic E-state index is 0.421. The second-order valence-electron chi connectivity index (χ2n) is 6.92. The molecule has 0 saturated heterocycles. The van der Waals surface area contributed by atoms with E-state index in [0.29, 0.717) is 31.1 Å². The lowest BCUT2D eigenvalue weighted by Gasteiger charge is -2.19. The van der Waals surface area contributed by atoms with Crippen molar-refractivity contribution in [3.05, 3.63) is 57.8 Å². The number of fused-ring (bicyclic) bond motifs is 2. The molecule has 5 rings (SSSR count). The van der Waals surface area contributed by atoms with E-state index in [-0.39, 0.29) is 0 Å². The lowest BCUT2D eigenvalue weighted by molar-refractivity contribution is 0.171. The summed E-state index contributed by atoms with van der Waals surface area (Å²) in [6.07, 6.45) is 1.71. The average molecular weight is 546 g/mol. The SMILES string of the molecule is COc1ccc(Cn2c(Sc3cc4c(cc3I)OCCO4)nc3c(N)nccc32)cc1. The van der Waals surface area contributed by atoms with E-state index in [2.05, 4.69) is 44.3 Å². The van der Waals surface area contributed by atoms with E-state index in [1.807, 2.05) is 30.3 Å². The number of ether oxygens (including phenoxy) is 3. The van der Waals surface area contributed by atoms with Gasteiger partial charge in [-0.15, -0.1) is 0 Å². The van der Waals surface area contributed by atoms with Crippen LogP contribution in [0, 0.1) is 3.57 Å². The molecule has 1 aliphatic heterocycles. The number of imidazole rings is 1. The zero-order valence-corrected chi connectivity index (χ0v) is 19.6. The van der Waals surface area contributed by atoms with Crippen LogP contribution in [0.15, 0.2) is 58.7 Å². The molecule has 0 saturated carbocycles. The van der Waals surface area contributed by atoms with Gasteiger partial charge in [-0.3, -0.25) is 0 Å². The number of rotatable bonds is 5. The first-order chi connectivity index (χ1) is 15.1. The number of nitrogens with two attached hydrogens (primary N) is 1. The summed E-state index contributed by atoms with van der Waals surface area (Å²) in [7, 11) is 1.66. The minimum atomic E-state index is 0.421. The fraction of sp³-hybridized carbons (Fsp3) is 0.182. The third kappa shape index (κ3) is 3.99. The predicted molar refractivity (Wildman–Crippen MR) is 128 cm³/mol. The number of nitrogens with zero attached hydrogens (tertiary/aromatic N) is 3. The van der Waals surface area contributed by atoms with E-state index in [4.69, 9.17) is 24.9 Å². The standard InChI is InChI=1S/C22H19IN4O3S/c1-28-14-4-2-13(3-5-14)12-27-16-6-7-25-21(24)20(16)26-22(27)31-19-11-18-17(10-15(19)23)29-8-9-30-18/h2-7,10-11H,8-9,12H2,1H3,(H2,24,25). The molecule has 158 valence electrons. The van der Waals surface area contributed by atoms with Crippen LogP contribution in [0.5, 0.6) is 17.2 Å². The Balaban J connectivity index is 1.56. The average Bonchev–Trinajstić information content (AvgIpc) is 3.13. The van der Waals surface area contributed by atoms with Gasteiger partial charge in [0.2, 0.25) is 0 Å². The second kappa shape index (κ2) is 8.46. The normalized spacial score (nSPS) is 12.8. The Hall–Kier alpha value is -2.66. The van der Waals surface area contributed by atoms with Gasteiger partial charge in [0.05, 0.1) is 19.2 Å². The molecular weight excluding hydrogens is 527 g/mol. The molecule has 0 amide bonds. The van der Waals surface area contributed by atoms with Crippen LogP contribution < -0.4 is 19.9 Å². The minimum Gasteiger partial charge on any atom is -0.497 e. The maximum Gasteiger partial charge on any atom is 0.174 e. The molecule has 2 aromatic carbocycles. The van der Waals surface area contributed by atoms with Gasteiger partial charge in [-0.25, -0.2) is 9.97 Å². The van der Waals surface area contributed by atoms with Crippen molar-refractivity contribution in [3.63, 3.8) is 0 Å². The number of nitrogen functional groups attached to an aromatic ring is 1. The maximum absolute atomic E-state index is 6.13. The summed E-state index contributed by atoms with van der Waals surface area (Å²) in [5.41, 5.74) is 8.91. The number of anilines is 1. The third-order valence-electron chi connectivity index (χ3n) is 4.96. The van der Waals surface area contributed by atoms with Crippen LogP contribution in [-0.2, 0) is 6.54 Å². The monoisotopic (exact) mass is 546 g/mol. The largest absolute Gasteiger partial charge is 0.497 e. The van der Waals surface area contributed by atoms with Crippen molar-refractivity contribution in [2.24, 2.45) is 0 Å². The molecule has 0 radical (unpaired) electrons. The summed E-state index contributed by atoms with van der Waals surface area (Å²) >= 11 is 3.89. The Morgan fingerprint density at radius 3 is 2.61 bits per heavy atom. The summed E-state index contributed by atoms with van der Waals surface area (Å²) in [4.78, 5) is 10.1. The van der Waals surface area contributed by atoms with Gasteiger partial charge < -0.3 is 24.5 Å². The number of hydrogen-bond acceptors (Lipinski definition) is 7. The molecule has 2 aromatic heterocycles. The van der Waals surface area contributed by atoms with Gasteiger partial charge in [-0.1, -0.05) is 23.9 Å². The Labute approximate surface area is 197 Å². The number of pyridine rings is 1. The van der Waals surface area contributed by atoms with E-state index in [9.17, 15) is 0 Å². The fourth-order valence-corrected chi connectivity index (χ4v) is 5.11. The zero-order chi connectivity index (χ0) is 21.4. The summed E-state index contributed by atoms with van der Waals surface area (Å²) in [6, 6.07) is 14.0. The summed E-state index contributed by atoms with van der Waals surface area (Å²) in [5.74, 6) is 2.78. The third-order valence-corrected chi connectivity index (χ3v) is 7.27. The number of aromatic nitrogens is 3. The maximum atomic E-state index is 6.13. The molecule has 1 aliphatic rings. The Morgan fingerprint density at radius 2 is 1.87 bits per heavy atom. The fourth-order valence-electron chi connectivity index (χ4n) is 3.42. The van der Waals surface area contributed by atoms with Gasteiger partial charge in [0, 0.05) is 14.7 Å². The van der Waals surface area contributed by atoms with Crippen molar-refractivity contribution >= 4 is 51.2 Å². The number of methoxy groups -OCH3 is 1. The van der Waals surface area contributed by atoms with E-state index >= 15 is 0 Å². The highest BCUT2D eigenvalue weighted by molar-refractivity contribution is 14.1. The van der Waals surface area contributed by atoms with E-state index in [0.717, 1.165) is 42.0 Å². The molecule has 0 bridgehead atoms. The molecular formula is C22H19IN4O3S. The van der Waals surface area contributed by atoms with Crippen LogP contribution in [-0.4, -0.2) is 34.9 Å². The summed E-state index contributed by atoms with van der Waals surface area (Å²) < 4.78 is 20.0. The highest BCUT2D eigenvalue weighted by Crippen LogP contribution is 2.41. The van der Waals surface area contributed by atoms with Crippen molar-refractivity contribution in [1.82, 2.24) is 14.5 Å². The molecule has 0 aliphatic carbocycles. The highest BCUT2D eigenvalue weighted by Gasteiger charge is 2.19. The lowest BCUT2D eigenvalue weighted by Crippen LogP contribution is -2.15. The van der Waals surface area contributed by atoms with Gasteiger partial charge in [-0.2, -0.15) is 0 Å². The number of halogens is 1. The molecule has 2 N–H and O–H groups in total. The Bertz CT molecular complexity index is 1260. The molecule has 9 heteroatoms. The van der Waals surface area contributed by atoms with Crippen LogP contribution in [0.3, 0.4) is 0 Å². The molecule has 0 spiro atoms. The first-order valence-electron chi connectivity index (χ1n) is 9.63. The van der Waals surface area contributed by atoms with Crippen LogP contribution in [0.25, 0.3) is 11.0 Å². The zero-order valence-electron chi connectivity index (χ0n) is 16.7. The van der Waals surface area contributed by atoms with Crippen molar-refractivity contribution in [1.29, 1.82) is 0 Å². The predicted octanol–water partition coefficient (Wildman–Crippen LogP) is 4.60. The van der Waals surface area contributed by atoms with E-state index < -0.39 is 0 Å². The van der Waals surface area contributed by atoms with Gasteiger partial charge >= 0.3 is 0 Å². The van der Waals surface area contributed by atoms with Crippen LogP contribution in [0.2, 0.25) is 0 Å². The first-order valence-corrected chi connectivity index (χ1v) is 11.5. The molecule has 0 unspecified atom stereocenters. The van der Waals surface area contributed by atoms with Crippen LogP contribution >= 0.6 is 34.4 Å². The van der Waals surface area contributed by atoms with Crippen molar-refractivity contribution < 1.29 is 14.2 Å². The number of benzene rings is 2. The lowest BCUT2D eigenvalue weighted by atomic mass is 10.2. The summed E-state index contributed by atoms with van der Waals surface area (Å²) in [5, 5.41) is 0.833. The van der Waals surface area contributed by atoms with Crippen LogP contribution in [0.1, 0.15) is 5.56 Å². The first kappa shape index (κ1) is 20.3. The molecule has 7 nitrogen and oxygen atoms in total. The highest BCUT2D eigenvalue weighted by atomic mass is 127. The number of hydrogen-bond donors (Lipinski definition) is 1. The van der Waals surface area contributed by atoms with Crippen LogP contribution in [0.4, 0.5) is 5.82 Å². The molecule has 3 heterocycles. The van der Waals surface area contributed by atoms with Gasteiger partial charge in [0.15, 0.2) is 22.5 Å². The van der Waals surface area contributed by atoms with E-state index in [1.54, 1.807) is 25.1 Å². The van der Waals surface area contributed by atoms with Crippen molar-refractivity contribution in [3.8, 4) is 17.2 Å². The molecule has 0 fully saturated rings. The molecule has 31 heavy (non-hydrogen) atoms. The smallest absolute Gasteiger partial charge is 0.174 e.